The van der Waals surface area contributed by atoms with Crippen LogP contribution in [0.1, 0.15) is 6.92 Å². The van der Waals surface area contributed by atoms with Crippen LogP contribution in [0, 0.1) is 0 Å². The Labute approximate surface area is 59.9 Å². The fourth-order valence-corrected chi connectivity index (χ4v) is 1.15. The summed E-state index contributed by atoms with van der Waals surface area (Å²) in [7, 11) is 0. The summed E-state index contributed by atoms with van der Waals surface area (Å²) < 4.78 is 2.09. The van der Waals surface area contributed by atoms with Crippen LogP contribution in [0.5, 0.6) is 0 Å². The van der Waals surface area contributed by atoms with Crippen LogP contribution in [-0.4, -0.2) is 23.2 Å². The molecule has 2 heterocycles. The Balaban J connectivity index is 2.39. The van der Waals surface area contributed by atoms with E-state index in [1.807, 2.05) is 12.4 Å². The van der Waals surface area contributed by atoms with E-state index in [-0.39, 0.29) is 6.17 Å². The summed E-state index contributed by atoms with van der Waals surface area (Å²) in [5.74, 6) is 0. The Hall–Kier alpha value is -1.18. The van der Waals surface area contributed by atoms with E-state index >= 15 is 0 Å². The molecule has 0 aromatic heterocycles. The first-order valence-corrected chi connectivity index (χ1v) is 3.37. The molecule has 0 bridgehead atoms. The largest absolute Gasteiger partial charge is 0.270 e. The number of nitrogens with zero attached hydrogens (tertiary/aromatic N) is 2. The lowest BCUT2D eigenvalue weighted by atomic mass is 10.2. The van der Waals surface area contributed by atoms with Gasteiger partial charge in [-0.2, -0.15) is 4.58 Å². The molecule has 0 saturated heterocycles. The predicted octanol–water partition coefficient (Wildman–Crippen LogP) is 0.954. The molecule has 2 aliphatic heterocycles. The molecule has 2 rings (SSSR count). The molecule has 0 N–H and O–H groups in total. The Morgan fingerprint density at radius 1 is 1.60 bits per heavy atom. The molecule has 0 spiro atoms. The van der Waals surface area contributed by atoms with E-state index in [1.165, 1.54) is 5.57 Å². The van der Waals surface area contributed by atoms with Crippen molar-refractivity contribution in [2.75, 3.05) is 0 Å². The molecule has 0 radical (unpaired) electrons. The van der Waals surface area contributed by atoms with Crippen molar-refractivity contribution in [3.05, 3.63) is 23.9 Å². The SMILES string of the molecule is CC1=C[N+]2=CC=NC2C=C1. The number of fused-ring (bicyclic) bond motifs is 1. The van der Waals surface area contributed by atoms with Crippen LogP contribution in [-0.2, 0) is 0 Å². The van der Waals surface area contributed by atoms with E-state index < -0.39 is 0 Å². The van der Waals surface area contributed by atoms with E-state index in [0.717, 1.165) is 0 Å². The van der Waals surface area contributed by atoms with Crippen LogP contribution in [0.4, 0.5) is 0 Å². The number of hydrogen-bond donors (Lipinski definition) is 0. The standard InChI is InChI=1S/C8H9N2/c1-7-2-3-8-9-4-5-10(8)6-7/h2-6,8H,1H3/q+1. The van der Waals surface area contributed by atoms with Crippen molar-refractivity contribution in [1.29, 1.82) is 0 Å². The molecule has 10 heavy (non-hydrogen) atoms. The predicted molar refractivity (Wildman–Crippen MR) is 41.5 cm³/mol. The van der Waals surface area contributed by atoms with Gasteiger partial charge in [-0.05, 0) is 13.0 Å². The highest BCUT2D eigenvalue weighted by molar-refractivity contribution is 6.14. The zero-order chi connectivity index (χ0) is 6.97. The molecular weight excluding hydrogens is 124 g/mol. The van der Waals surface area contributed by atoms with Gasteiger partial charge in [-0.15, -0.1) is 0 Å². The molecule has 2 aliphatic rings. The van der Waals surface area contributed by atoms with Crippen LogP contribution in [0.25, 0.3) is 0 Å². The zero-order valence-electron chi connectivity index (χ0n) is 5.86. The third-order valence-electron chi connectivity index (χ3n) is 1.67. The normalized spacial score (nSPS) is 27.9. The lowest BCUT2D eigenvalue weighted by Gasteiger charge is -2.03. The van der Waals surface area contributed by atoms with Crippen LogP contribution in [0.15, 0.2) is 28.9 Å². The number of rotatable bonds is 0. The molecule has 0 saturated carbocycles. The summed E-state index contributed by atoms with van der Waals surface area (Å²) in [5.41, 5.74) is 1.28. The molecule has 2 heteroatoms. The zero-order valence-corrected chi connectivity index (χ0v) is 5.86. The highest BCUT2D eigenvalue weighted by Gasteiger charge is 2.20. The van der Waals surface area contributed by atoms with Crippen LogP contribution in [0.2, 0.25) is 0 Å². The second-order valence-corrected chi connectivity index (χ2v) is 2.54. The van der Waals surface area contributed by atoms with Crippen molar-refractivity contribution in [1.82, 2.24) is 0 Å². The molecule has 0 amide bonds. The fourth-order valence-electron chi connectivity index (χ4n) is 1.15. The Bertz CT molecular complexity index is 269. The van der Waals surface area contributed by atoms with Gasteiger partial charge in [0.1, 0.15) is 0 Å². The van der Waals surface area contributed by atoms with Gasteiger partial charge in [0.15, 0.2) is 12.4 Å². The lowest BCUT2D eigenvalue weighted by molar-refractivity contribution is -0.477. The van der Waals surface area contributed by atoms with E-state index in [0.29, 0.717) is 0 Å². The van der Waals surface area contributed by atoms with Gasteiger partial charge in [-0.1, -0.05) is 0 Å². The maximum Gasteiger partial charge on any atom is 0.270 e. The van der Waals surface area contributed by atoms with Gasteiger partial charge in [0, 0.05) is 11.6 Å². The first-order valence-electron chi connectivity index (χ1n) is 3.37. The monoisotopic (exact) mass is 133 g/mol. The van der Waals surface area contributed by atoms with E-state index in [9.17, 15) is 0 Å². The average Bonchev–Trinajstić information content (AvgIpc) is 2.33. The minimum Gasteiger partial charge on any atom is -0.215 e. The number of hydrogen-bond acceptors (Lipinski definition) is 1. The third-order valence-corrected chi connectivity index (χ3v) is 1.67. The Kier molecular flexibility index (Phi) is 1.07. The van der Waals surface area contributed by atoms with E-state index in [1.54, 1.807) is 0 Å². The third kappa shape index (κ3) is 0.727. The van der Waals surface area contributed by atoms with E-state index in [2.05, 4.69) is 34.8 Å². The molecule has 0 aliphatic carbocycles. The van der Waals surface area contributed by atoms with Crippen LogP contribution in [0.3, 0.4) is 0 Å². The number of aliphatic imine (C=N–C) groups is 1. The first kappa shape index (κ1) is 5.59. The highest BCUT2D eigenvalue weighted by Crippen LogP contribution is 2.10. The molecular formula is C8H9N2+. The van der Waals surface area contributed by atoms with Crippen LogP contribution < -0.4 is 0 Å². The van der Waals surface area contributed by atoms with Gasteiger partial charge in [-0.25, -0.2) is 4.99 Å². The van der Waals surface area contributed by atoms with Crippen molar-refractivity contribution < 1.29 is 4.58 Å². The molecule has 1 unspecified atom stereocenters. The quantitative estimate of drug-likeness (QED) is 0.437. The second kappa shape index (κ2) is 1.90. The Morgan fingerprint density at radius 3 is 3.40 bits per heavy atom. The van der Waals surface area contributed by atoms with Gasteiger partial charge < -0.3 is 0 Å². The minimum atomic E-state index is 0.240. The summed E-state index contributed by atoms with van der Waals surface area (Å²) in [5, 5.41) is 0. The lowest BCUT2D eigenvalue weighted by Crippen LogP contribution is -2.16. The smallest absolute Gasteiger partial charge is 0.215 e. The van der Waals surface area contributed by atoms with E-state index in [4.69, 9.17) is 0 Å². The highest BCUT2D eigenvalue weighted by atomic mass is 15.2. The van der Waals surface area contributed by atoms with Gasteiger partial charge in [-0.3, -0.25) is 0 Å². The van der Waals surface area contributed by atoms with Crippen molar-refractivity contribution in [3.63, 3.8) is 0 Å². The minimum absolute atomic E-state index is 0.240. The van der Waals surface area contributed by atoms with Crippen molar-refractivity contribution in [2.45, 2.75) is 13.1 Å². The fraction of sp³-hybridized carbons (Fsp3) is 0.250. The molecule has 50 valence electrons. The average molecular weight is 133 g/mol. The molecule has 0 aromatic carbocycles. The molecule has 2 nitrogen and oxygen atoms in total. The molecule has 0 fully saturated rings. The Morgan fingerprint density at radius 2 is 2.50 bits per heavy atom. The summed E-state index contributed by atoms with van der Waals surface area (Å²) in [6.07, 6.45) is 10.3. The summed E-state index contributed by atoms with van der Waals surface area (Å²) in [4.78, 5) is 4.21. The maximum atomic E-state index is 4.21. The van der Waals surface area contributed by atoms with Gasteiger partial charge in [0.2, 0.25) is 0 Å². The second-order valence-electron chi connectivity index (χ2n) is 2.54. The summed E-state index contributed by atoms with van der Waals surface area (Å²) in [6, 6.07) is 0. The van der Waals surface area contributed by atoms with Crippen molar-refractivity contribution in [3.8, 4) is 0 Å². The summed E-state index contributed by atoms with van der Waals surface area (Å²) >= 11 is 0. The van der Waals surface area contributed by atoms with Crippen LogP contribution >= 0.6 is 0 Å². The molecule has 1 atom stereocenters. The topological polar surface area (TPSA) is 15.4 Å². The van der Waals surface area contributed by atoms with Crippen molar-refractivity contribution in [2.24, 2.45) is 4.99 Å². The van der Waals surface area contributed by atoms with Crippen molar-refractivity contribution >= 4 is 12.4 Å². The first-order chi connectivity index (χ1) is 4.86. The number of allylic oxidation sites excluding steroid dienone is 2. The van der Waals surface area contributed by atoms with Gasteiger partial charge in [0.25, 0.3) is 6.17 Å². The van der Waals surface area contributed by atoms with Gasteiger partial charge in [0.05, 0.1) is 6.21 Å². The maximum absolute atomic E-state index is 4.21. The summed E-state index contributed by atoms with van der Waals surface area (Å²) in [6.45, 7) is 2.08. The molecule has 0 aromatic rings. The van der Waals surface area contributed by atoms with Gasteiger partial charge >= 0.3 is 0 Å².